The Hall–Kier alpha value is -3.47. The van der Waals surface area contributed by atoms with Gasteiger partial charge >= 0.3 is 0 Å². The monoisotopic (exact) mass is 386 g/mol. The van der Waals surface area contributed by atoms with E-state index in [-0.39, 0.29) is 22.9 Å². The highest BCUT2D eigenvalue weighted by atomic mass is 16.6. The molecular weight excluding hydrogens is 364 g/mol. The number of hydrogen-bond acceptors (Lipinski definition) is 3. The van der Waals surface area contributed by atoms with Gasteiger partial charge in [0.1, 0.15) is 0 Å². The molecule has 146 valence electrons. The summed E-state index contributed by atoms with van der Waals surface area (Å²) in [5.41, 5.74) is 4.66. The van der Waals surface area contributed by atoms with E-state index >= 15 is 0 Å². The average Bonchev–Trinajstić information content (AvgIpc) is 3.45. The molecule has 0 heterocycles. The lowest BCUT2D eigenvalue weighted by Gasteiger charge is -2.23. The van der Waals surface area contributed by atoms with Gasteiger partial charge in [-0.25, -0.2) is 0 Å². The van der Waals surface area contributed by atoms with Crippen molar-refractivity contribution >= 4 is 17.3 Å². The van der Waals surface area contributed by atoms with E-state index in [1.807, 2.05) is 24.3 Å². The SMILES string of the molecule is Cc1ccccc1C1(c2ccccc2C)CC1C(=O)Nc1cccc([N+](=O)[O-])c1. The summed E-state index contributed by atoms with van der Waals surface area (Å²) in [4.78, 5) is 23.7. The van der Waals surface area contributed by atoms with Crippen LogP contribution in [0, 0.1) is 29.9 Å². The highest BCUT2D eigenvalue weighted by Gasteiger charge is 2.61. The van der Waals surface area contributed by atoms with Gasteiger partial charge in [-0.2, -0.15) is 0 Å². The number of non-ortho nitro benzene ring substituents is 1. The lowest BCUT2D eigenvalue weighted by molar-refractivity contribution is -0.384. The Morgan fingerprint density at radius 1 is 0.966 bits per heavy atom. The van der Waals surface area contributed by atoms with Crippen molar-refractivity contribution in [2.75, 3.05) is 5.32 Å². The fourth-order valence-corrected chi connectivity index (χ4v) is 4.39. The molecule has 1 aliphatic rings. The second-order valence-corrected chi connectivity index (χ2v) is 7.65. The molecule has 1 atom stereocenters. The first-order valence-electron chi connectivity index (χ1n) is 9.61. The fourth-order valence-electron chi connectivity index (χ4n) is 4.39. The third-order valence-corrected chi connectivity index (χ3v) is 5.85. The molecule has 3 aromatic carbocycles. The summed E-state index contributed by atoms with van der Waals surface area (Å²) >= 11 is 0. The first-order valence-corrected chi connectivity index (χ1v) is 9.61. The van der Waals surface area contributed by atoms with Gasteiger partial charge in [-0.05, 0) is 48.6 Å². The molecule has 29 heavy (non-hydrogen) atoms. The highest BCUT2D eigenvalue weighted by Crippen LogP contribution is 2.60. The summed E-state index contributed by atoms with van der Waals surface area (Å²) in [7, 11) is 0. The van der Waals surface area contributed by atoms with E-state index in [0.717, 1.165) is 22.3 Å². The number of carbonyl (C=O) groups excluding carboxylic acids is 1. The molecule has 1 fully saturated rings. The van der Waals surface area contributed by atoms with Crippen molar-refractivity contribution in [1.29, 1.82) is 0 Å². The number of hydrogen-bond donors (Lipinski definition) is 1. The molecule has 5 nitrogen and oxygen atoms in total. The van der Waals surface area contributed by atoms with Gasteiger partial charge in [0.15, 0.2) is 0 Å². The molecule has 1 aliphatic carbocycles. The molecule has 0 aromatic heterocycles. The quantitative estimate of drug-likeness (QED) is 0.486. The molecule has 0 spiro atoms. The van der Waals surface area contributed by atoms with Crippen molar-refractivity contribution < 1.29 is 9.72 Å². The van der Waals surface area contributed by atoms with Crippen molar-refractivity contribution in [3.63, 3.8) is 0 Å². The predicted molar refractivity (Wildman–Crippen MR) is 113 cm³/mol. The van der Waals surface area contributed by atoms with Gasteiger partial charge in [0.2, 0.25) is 5.91 Å². The number of anilines is 1. The molecule has 5 heteroatoms. The minimum atomic E-state index is -0.461. The molecule has 0 radical (unpaired) electrons. The zero-order valence-electron chi connectivity index (χ0n) is 16.4. The highest BCUT2D eigenvalue weighted by molar-refractivity contribution is 5.97. The van der Waals surface area contributed by atoms with Crippen LogP contribution in [0.1, 0.15) is 28.7 Å². The first-order chi connectivity index (χ1) is 13.9. The van der Waals surface area contributed by atoms with Crippen LogP contribution in [0.4, 0.5) is 11.4 Å². The Morgan fingerprint density at radius 2 is 1.55 bits per heavy atom. The summed E-state index contributed by atoms with van der Waals surface area (Å²) in [6.07, 6.45) is 0.712. The number of aryl methyl sites for hydroxylation is 2. The Morgan fingerprint density at radius 3 is 2.10 bits per heavy atom. The molecule has 1 amide bonds. The van der Waals surface area contributed by atoms with Crippen LogP contribution in [-0.4, -0.2) is 10.8 Å². The van der Waals surface area contributed by atoms with E-state index in [0.29, 0.717) is 12.1 Å². The molecule has 1 saturated carbocycles. The summed E-state index contributed by atoms with van der Waals surface area (Å²) in [6.45, 7) is 4.15. The van der Waals surface area contributed by atoms with Crippen molar-refractivity contribution in [1.82, 2.24) is 0 Å². The van der Waals surface area contributed by atoms with Gasteiger partial charge in [-0.3, -0.25) is 14.9 Å². The van der Waals surface area contributed by atoms with E-state index < -0.39 is 4.92 Å². The number of rotatable bonds is 5. The largest absolute Gasteiger partial charge is 0.326 e. The van der Waals surface area contributed by atoms with E-state index in [2.05, 4.69) is 43.4 Å². The van der Waals surface area contributed by atoms with Crippen LogP contribution in [-0.2, 0) is 10.2 Å². The van der Waals surface area contributed by atoms with Crippen molar-refractivity contribution in [2.24, 2.45) is 5.92 Å². The molecule has 4 rings (SSSR count). The van der Waals surface area contributed by atoms with E-state index in [4.69, 9.17) is 0 Å². The minimum absolute atomic E-state index is 0.0392. The molecule has 3 aromatic rings. The van der Waals surface area contributed by atoms with Crippen LogP contribution in [0.5, 0.6) is 0 Å². The third-order valence-electron chi connectivity index (χ3n) is 5.85. The predicted octanol–water partition coefficient (Wildman–Crippen LogP) is 5.16. The maximum absolute atomic E-state index is 13.2. The Kier molecular flexibility index (Phi) is 4.66. The molecule has 1 unspecified atom stereocenters. The lowest BCUT2D eigenvalue weighted by atomic mass is 9.81. The number of nitro groups is 1. The number of carbonyl (C=O) groups is 1. The van der Waals surface area contributed by atoms with Crippen LogP contribution in [0.15, 0.2) is 72.8 Å². The van der Waals surface area contributed by atoms with Gasteiger partial charge in [0, 0.05) is 23.2 Å². The Balaban J connectivity index is 1.70. The van der Waals surface area contributed by atoms with E-state index in [1.165, 1.54) is 12.1 Å². The van der Waals surface area contributed by atoms with Gasteiger partial charge in [-0.1, -0.05) is 54.6 Å². The Bertz CT molecular complexity index is 1060. The number of nitrogens with one attached hydrogen (secondary N) is 1. The number of amides is 1. The summed E-state index contributed by atoms with van der Waals surface area (Å²) in [6, 6.07) is 22.4. The molecule has 0 bridgehead atoms. The minimum Gasteiger partial charge on any atom is -0.326 e. The zero-order valence-corrected chi connectivity index (χ0v) is 16.4. The smallest absolute Gasteiger partial charge is 0.271 e. The van der Waals surface area contributed by atoms with Crippen molar-refractivity contribution in [2.45, 2.75) is 25.7 Å². The number of nitro benzene ring substituents is 1. The van der Waals surface area contributed by atoms with Gasteiger partial charge in [0.05, 0.1) is 10.8 Å². The first kappa shape index (κ1) is 18.9. The van der Waals surface area contributed by atoms with E-state index in [1.54, 1.807) is 12.1 Å². The average molecular weight is 386 g/mol. The number of benzene rings is 3. The second-order valence-electron chi connectivity index (χ2n) is 7.65. The van der Waals surface area contributed by atoms with Crippen LogP contribution >= 0.6 is 0 Å². The summed E-state index contributed by atoms with van der Waals surface area (Å²) in [5, 5.41) is 13.9. The Labute approximate surface area is 169 Å². The van der Waals surface area contributed by atoms with Crippen LogP contribution in [0.25, 0.3) is 0 Å². The van der Waals surface area contributed by atoms with Crippen molar-refractivity contribution in [3.8, 4) is 0 Å². The summed E-state index contributed by atoms with van der Waals surface area (Å²) < 4.78 is 0. The summed E-state index contributed by atoms with van der Waals surface area (Å²) in [5.74, 6) is -0.346. The maximum atomic E-state index is 13.2. The third kappa shape index (κ3) is 3.29. The molecule has 0 saturated heterocycles. The fraction of sp³-hybridized carbons (Fsp3) is 0.208. The van der Waals surface area contributed by atoms with E-state index in [9.17, 15) is 14.9 Å². The van der Waals surface area contributed by atoms with Crippen LogP contribution in [0.3, 0.4) is 0 Å². The molecule has 0 aliphatic heterocycles. The molecule has 1 N–H and O–H groups in total. The van der Waals surface area contributed by atoms with Crippen LogP contribution < -0.4 is 5.32 Å². The van der Waals surface area contributed by atoms with Crippen molar-refractivity contribution in [3.05, 3.63) is 105 Å². The number of nitrogens with zero attached hydrogens (tertiary/aromatic N) is 1. The standard InChI is InChI=1S/C24H22N2O3/c1-16-8-3-5-12-20(16)24(21-13-6-4-9-17(21)2)15-22(24)23(27)25-18-10-7-11-19(14-18)26(28)29/h3-14,22H,15H2,1-2H3,(H,25,27). The van der Waals surface area contributed by atoms with Gasteiger partial charge < -0.3 is 5.32 Å². The van der Waals surface area contributed by atoms with Crippen LogP contribution in [0.2, 0.25) is 0 Å². The zero-order chi connectivity index (χ0) is 20.6. The lowest BCUT2D eigenvalue weighted by Crippen LogP contribution is -2.23. The second kappa shape index (κ2) is 7.17. The van der Waals surface area contributed by atoms with Gasteiger partial charge in [0.25, 0.3) is 5.69 Å². The maximum Gasteiger partial charge on any atom is 0.271 e. The van der Waals surface area contributed by atoms with Gasteiger partial charge in [-0.15, -0.1) is 0 Å². The topological polar surface area (TPSA) is 72.2 Å². The normalized spacial score (nSPS) is 16.8. The molecular formula is C24H22N2O3.